The highest BCUT2D eigenvalue weighted by Crippen LogP contribution is 2.45. The lowest BCUT2D eigenvalue weighted by atomic mass is 9.85. The second-order valence-electron chi connectivity index (χ2n) is 14.7. The number of halogens is 1. The predicted molar refractivity (Wildman–Crippen MR) is 178 cm³/mol. The number of aliphatic carboxylic acids is 1. The van der Waals surface area contributed by atoms with E-state index in [1.165, 1.54) is 4.90 Å². The van der Waals surface area contributed by atoms with Gasteiger partial charge in [-0.05, 0) is 78.1 Å². The molecule has 4 unspecified atom stereocenters. The van der Waals surface area contributed by atoms with Crippen molar-refractivity contribution in [2.45, 2.75) is 132 Å². The van der Waals surface area contributed by atoms with E-state index in [1.54, 1.807) is 32.0 Å². The van der Waals surface area contributed by atoms with Crippen molar-refractivity contribution in [2.24, 2.45) is 11.8 Å². The summed E-state index contributed by atoms with van der Waals surface area (Å²) < 4.78 is 11.3. The maximum Gasteiger partial charge on any atom is 0.408 e. The third-order valence-electron chi connectivity index (χ3n) is 9.97. The Hall–Kier alpha value is -2.75. The van der Waals surface area contributed by atoms with Crippen molar-refractivity contribution in [3.63, 3.8) is 0 Å². The summed E-state index contributed by atoms with van der Waals surface area (Å²) in [4.78, 5) is 55.0. The first kappa shape index (κ1) is 36.5. The number of fused-ring (bicyclic) bond motifs is 2. The molecular formula is C33H52ClN7O7. The highest BCUT2D eigenvalue weighted by molar-refractivity contribution is 6.21. The predicted octanol–water partition coefficient (Wildman–Crippen LogP) is 2.46. The number of amides is 3. The topological polar surface area (TPSA) is 174 Å². The molecule has 5 rings (SSSR count). The van der Waals surface area contributed by atoms with Crippen LogP contribution in [0.15, 0.2) is 24.8 Å². The molecule has 3 aliphatic heterocycles. The van der Waals surface area contributed by atoms with Crippen molar-refractivity contribution in [3.8, 4) is 0 Å². The Bertz CT molecular complexity index is 1250. The molecular weight excluding hydrogens is 642 g/mol. The monoisotopic (exact) mass is 693 g/mol. The minimum absolute atomic E-state index is 0.0352. The Morgan fingerprint density at radius 3 is 2.69 bits per heavy atom. The zero-order valence-corrected chi connectivity index (χ0v) is 29.0. The molecule has 0 radical (unpaired) electrons. The van der Waals surface area contributed by atoms with Gasteiger partial charge in [0.1, 0.15) is 23.2 Å². The van der Waals surface area contributed by atoms with Crippen LogP contribution in [0, 0.1) is 11.8 Å². The number of rotatable bonds is 7. The number of carbonyl (C=O) groups is 4. The van der Waals surface area contributed by atoms with E-state index in [2.05, 4.69) is 33.6 Å². The number of nitrogens with one attached hydrogen (secondary N) is 5. The maximum atomic E-state index is 14.3. The molecule has 4 fully saturated rings. The van der Waals surface area contributed by atoms with Gasteiger partial charge in [0.25, 0.3) is 0 Å². The Morgan fingerprint density at radius 1 is 1.19 bits per heavy atom. The summed E-state index contributed by atoms with van der Waals surface area (Å²) in [5.41, 5.74) is 7.77. The highest BCUT2D eigenvalue weighted by Gasteiger charge is 2.61. The second-order valence-corrected chi connectivity index (χ2v) is 15.3. The van der Waals surface area contributed by atoms with Crippen molar-refractivity contribution in [3.05, 3.63) is 24.8 Å². The summed E-state index contributed by atoms with van der Waals surface area (Å²) in [6.07, 6.45) is 11.1. The Morgan fingerprint density at radius 2 is 1.98 bits per heavy atom. The number of hydrazine groups is 3. The molecule has 14 nitrogen and oxygen atoms in total. The largest absolute Gasteiger partial charge is 0.479 e. The summed E-state index contributed by atoms with van der Waals surface area (Å²) >= 11 is 6.69. The lowest BCUT2D eigenvalue weighted by Gasteiger charge is -2.35. The molecule has 0 bridgehead atoms. The number of hydrogen-bond acceptors (Lipinski definition) is 10. The first-order valence-electron chi connectivity index (χ1n) is 17.3. The second kappa shape index (κ2) is 15.4. The van der Waals surface area contributed by atoms with Crippen LogP contribution in [0.1, 0.15) is 85.0 Å². The molecule has 9 atom stereocenters. The standard InChI is InChI=1S/C33H52ClN7O7/c1-5-15-47-26-14-13-20(16-23(26)34)27-37-39-41(38-27)22-17-25-28(42)36-33(30(44)45)18-21(33)11-9-7-6-8-10-12-24(29(43)40(25)19-22)35-31(46)48-32(2,3)4/h5,9,11,20-27,37-39H,1,6-8,10,12-19H2,2-4H3,(H,35,46)(H,36,42)(H,44,45)/b11-9-/t20?,21-,22-,23?,24+,25+,26?,27?,33-/m1/s1. The molecule has 15 heteroatoms. The van der Waals surface area contributed by atoms with Crippen LogP contribution < -0.4 is 27.0 Å². The van der Waals surface area contributed by atoms with Crippen molar-refractivity contribution < 1.29 is 33.8 Å². The lowest BCUT2D eigenvalue weighted by molar-refractivity contribution is -0.145. The van der Waals surface area contributed by atoms with E-state index in [4.69, 9.17) is 21.1 Å². The Labute approximate surface area is 287 Å². The number of carboxylic acids is 1. The van der Waals surface area contributed by atoms with Crippen molar-refractivity contribution in [2.75, 3.05) is 13.2 Å². The van der Waals surface area contributed by atoms with Gasteiger partial charge >= 0.3 is 12.1 Å². The van der Waals surface area contributed by atoms with E-state index in [9.17, 15) is 24.3 Å². The van der Waals surface area contributed by atoms with Crippen molar-refractivity contribution in [1.29, 1.82) is 0 Å². The zero-order chi connectivity index (χ0) is 34.6. The molecule has 0 spiro atoms. The van der Waals surface area contributed by atoms with E-state index in [0.717, 1.165) is 38.5 Å². The summed E-state index contributed by atoms with van der Waals surface area (Å²) in [5, 5.41) is 17.3. The van der Waals surface area contributed by atoms with Gasteiger partial charge in [-0.2, -0.15) is 10.7 Å². The number of ether oxygens (including phenoxy) is 2. The molecule has 0 aromatic rings. The lowest BCUT2D eigenvalue weighted by Crippen LogP contribution is -2.56. The number of allylic oxidation sites excluding steroid dienone is 1. The van der Waals surface area contributed by atoms with E-state index in [1.807, 2.05) is 12.2 Å². The average Bonchev–Trinajstić information content (AvgIpc) is 3.32. The fourth-order valence-corrected chi connectivity index (χ4v) is 7.72. The average molecular weight is 694 g/mol. The van der Waals surface area contributed by atoms with Crippen LogP contribution in [0.4, 0.5) is 4.79 Å². The van der Waals surface area contributed by atoms with Gasteiger partial charge in [0.05, 0.1) is 30.3 Å². The summed E-state index contributed by atoms with van der Waals surface area (Å²) in [7, 11) is 0. The van der Waals surface area contributed by atoms with E-state index < -0.39 is 47.1 Å². The van der Waals surface area contributed by atoms with Gasteiger partial charge in [-0.1, -0.05) is 31.1 Å². The fourth-order valence-electron chi connectivity index (χ4n) is 7.29. The minimum Gasteiger partial charge on any atom is -0.479 e. The highest BCUT2D eigenvalue weighted by atomic mass is 35.5. The first-order valence-corrected chi connectivity index (χ1v) is 17.7. The van der Waals surface area contributed by atoms with E-state index >= 15 is 0 Å². The van der Waals surface area contributed by atoms with Gasteiger partial charge in [-0.15, -0.1) is 18.2 Å². The van der Waals surface area contributed by atoms with Gasteiger partial charge in [-0.3, -0.25) is 9.59 Å². The molecule has 48 heavy (non-hydrogen) atoms. The SMILES string of the molecule is C=CCOC1CCC(C2NNN([C@@H]3C[C@H]4C(=O)N[C@]5(C(=O)O)C[C@H]5/C=C\CCCCC[C@H](NC(=O)OC(C)(C)C)C(=O)N4C3)N2)CC1Cl. The van der Waals surface area contributed by atoms with Gasteiger partial charge in [-0.25, -0.2) is 20.4 Å². The number of hydrogen-bond donors (Lipinski definition) is 6. The quantitative estimate of drug-likeness (QED) is 0.171. The maximum absolute atomic E-state index is 14.3. The molecule has 2 saturated heterocycles. The summed E-state index contributed by atoms with van der Waals surface area (Å²) in [6, 6.07) is -2.22. The fraction of sp³-hybridized carbons (Fsp3) is 0.758. The van der Waals surface area contributed by atoms with Gasteiger partial charge < -0.3 is 30.1 Å². The van der Waals surface area contributed by atoms with Crippen molar-refractivity contribution >= 4 is 35.5 Å². The number of carbonyl (C=O) groups excluding carboxylic acids is 3. The number of alkyl halides is 1. The molecule has 3 amide bonds. The molecule has 2 aliphatic carbocycles. The molecule has 2 saturated carbocycles. The van der Waals surface area contributed by atoms with Gasteiger partial charge in [0, 0.05) is 12.5 Å². The molecule has 5 aliphatic rings. The zero-order valence-electron chi connectivity index (χ0n) is 28.2. The Balaban J connectivity index is 1.33. The van der Waals surface area contributed by atoms with Gasteiger partial charge in [0.2, 0.25) is 11.8 Å². The number of alkyl carbamates (subject to hydrolysis) is 1. The molecule has 6 N–H and O–H groups in total. The van der Waals surface area contributed by atoms with Gasteiger partial charge in [0.15, 0.2) is 0 Å². The normalized spacial score (nSPS) is 37.3. The van der Waals surface area contributed by atoms with Crippen LogP contribution in [-0.2, 0) is 23.9 Å². The summed E-state index contributed by atoms with van der Waals surface area (Å²) in [6.45, 7) is 9.59. The van der Waals surface area contributed by atoms with Crippen LogP contribution in [0.2, 0.25) is 0 Å². The number of nitrogens with zero attached hydrogens (tertiary/aromatic N) is 2. The Kier molecular flexibility index (Phi) is 11.7. The van der Waals surface area contributed by atoms with E-state index in [-0.39, 0.29) is 48.5 Å². The smallest absolute Gasteiger partial charge is 0.408 e. The van der Waals surface area contributed by atoms with Crippen LogP contribution in [-0.4, -0.2) is 99.1 Å². The molecule has 3 heterocycles. The third-order valence-corrected chi connectivity index (χ3v) is 10.4. The molecule has 0 aromatic heterocycles. The van der Waals surface area contributed by atoms with E-state index in [0.29, 0.717) is 25.9 Å². The van der Waals surface area contributed by atoms with Crippen LogP contribution in [0.5, 0.6) is 0 Å². The number of carboxylic acid groups (broad SMARTS) is 1. The van der Waals surface area contributed by atoms with Crippen LogP contribution in [0.25, 0.3) is 0 Å². The van der Waals surface area contributed by atoms with Crippen molar-refractivity contribution in [1.82, 2.24) is 37.0 Å². The third kappa shape index (κ3) is 8.69. The molecule has 268 valence electrons. The molecule has 0 aromatic carbocycles. The van der Waals surface area contributed by atoms with Crippen LogP contribution >= 0.6 is 11.6 Å². The van der Waals surface area contributed by atoms with Crippen LogP contribution in [0.3, 0.4) is 0 Å². The summed E-state index contributed by atoms with van der Waals surface area (Å²) in [5.74, 6) is -2.14. The first-order chi connectivity index (χ1) is 22.8. The minimum atomic E-state index is -1.40.